The fraction of sp³-hybridized carbons (Fsp3) is 0.833. The van der Waals surface area contributed by atoms with Gasteiger partial charge in [-0.3, -0.25) is 4.79 Å². The van der Waals surface area contributed by atoms with Gasteiger partial charge in [-0.05, 0) is 39.8 Å². The summed E-state index contributed by atoms with van der Waals surface area (Å²) in [6.45, 7) is 1.52. The van der Waals surface area contributed by atoms with Crippen molar-refractivity contribution in [1.82, 2.24) is 10.2 Å². The van der Waals surface area contributed by atoms with Crippen LogP contribution in [0.5, 0.6) is 0 Å². The van der Waals surface area contributed by atoms with E-state index >= 15 is 0 Å². The van der Waals surface area contributed by atoms with E-state index in [1.165, 1.54) is 0 Å². The smallest absolute Gasteiger partial charge is 0.223 e. The predicted molar refractivity (Wildman–Crippen MR) is 66.1 cm³/mol. The summed E-state index contributed by atoms with van der Waals surface area (Å²) in [5, 5.41) is 11.8. The van der Waals surface area contributed by atoms with E-state index in [1.54, 1.807) is 0 Å². The lowest BCUT2D eigenvalue weighted by Gasteiger charge is -2.31. The van der Waals surface area contributed by atoms with Gasteiger partial charge in [-0.25, -0.2) is 0 Å². The van der Waals surface area contributed by atoms with Gasteiger partial charge in [0.25, 0.3) is 0 Å². The molecule has 1 rings (SSSR count). The van der Waals surface area contributed by atoms with Crippen LogP contribution in [-0.4, -0.2) is 43.5 Å². The first-order chi connectivity index (χ1) is 7.97. The number of amides is 1. The SMILES string of the molecule is CN(C)CCNC(=O)C1CCC(N)(C#N)CC1. The third-order valence-electron chi connectivity index (χ3n) is 3.33. The Balaban J connectivity index is 2.29. The quantitative estimate of drug-likeness (QED) is 0.726. The van der Waals surface area contributed by atoms with Crippen LogP contribution in [0.2, 0.25) is 0 Å². The highest BCUT2D eigenvalue weighted by Gasteiger charge is 2.34. The summed E-state index contributed by atoms with van der Waals surface area (Å²) >= 11 is 0. The fourth-order valence-corrected chi connectivity index (χ4v) is 2.05. The molecule has 1 aliphatic rings. The van der Waals surface area contributed by atoms with E-state index in [-0.39, 0.29) is 11.8 Å². The number of carbonyl (C=O) groups is 1. The maximum Gasteiger partial charge on any atom is 0.223 e. The lowest BCUT2D eigenvalue weighted by molar-refractivity contribution is -0.126. The van der Waals surface area contributed by atoms with E-state index in [0.717, 1.165) is 19.4 Å². The van der Waals surface area contributed by atoms with Crippen LogP contribution in [0.25, 0.3) is 0 Å². The van der Waals surface area contributed by atoms with Crippen molar-refractivity contribution < 1.29 is 4.79 Å². The van der Waals surface area contributed by atoms with Crippen LogP contribution in [0, 0.1) is 17.2 Å². The van der Waals surface area contributed by atoms with Gasteiger partial charge < -0.3 is 16.0 Å². The zero-order valence-electron chi connectivity index (χ0n) is 10.7. The Morgan fingerprint density at radius 1 is 1.53 bits per heavy atom. The Kier molecular flexibility index (Phi) is 4.91. The zero-order valence-corrected chi connectivity index (χ0v) is 10.7. The monoisotopic (exact) mass is 238 g/mol. The minimum Gasteiger partial charge on any atom is -0.355 e. The van der Waals surface area contributed by atoms with Gasteiger partial charge in [-0.2, -0.15) is 5.26 Å². The van der Waals surface area contributed by atoms with Crippen molar-refractivity contribution in [1.29, 1.82) is 5.26 Å². The Morgan fingerprint density at radius 2 is 2.12 bits per heavy atom. The molecule has 0 radical (unpaired) electrons. The maximum absolute atomic E-state index is 11.8. The molecular formula is C12H22N4O. The van der Waals surface area contributed by atoms with Crippen LogP contribution in [0.15, 0.2) is 0 Å². The summed E-state index contributed by atoms with van der Waals surface area (Å²) in [6.07, 6.45) is 2.68. The molecule has 5 nitrogen and oxygen atoms in total. The van der Waals surface area contributed by atoms with Crippen molar-refractivity contribution in [3.63, 3.8) is 0 Å². The van der Waals surface area contributed by atoms with E-state index in [2.05, 4.69) is 11.4 Å². The van der Waals surface area contributed by atoms with Crippen LogP contribution < -0.4 is 11.1 Å². The molecule has 5 heteroatoms. The van der Waals surface area contributed by atoms with Crippen molar-refractivity contribution in [2.24, 2.45) is 11.7 Å². The van der Waals surface area contributed by atoms with Crippen molar-refractivity contribution in [3.05, 3.63) is 0 Å². The first kappa shape index (κ1) is 13.9. The minimum absolute atomic E-state index is 0.0298. The van der Waals surface area contributed by atoms with E-state index in [4.69, 9.17) is 11.0 Å². The zero-order chi connectivity index (χ0) is 12.9. The molecule has 0 aliphatic heterocycles. The summed E-state index contributed by atoms with van der Waals surface area (Å²) in [4.78, 5) is 13.9. The molecule has 0 aromatic carbocycles. The summed E-state index contributed by atoms with van der Waals surface area (Å²) in [5.41, 5.74) is 5.15. The maximum atomic E-state index is 11.8. The molecule has 1 saturated carbocycles. The summed E-state index contributed by atoms with van der Waals surface area (Å²) in [5.74, 6) is 0.133. The highest BCUT2D eigenvalue weighted by Crippen LogP contribution is 2.29. The number of carbonyl (C=O) groups excluding carboxylic acids is 1. The van der Waals surface area contributed by atoms with Crippen molar-refractivity contribution in [2.45, 2.75) is 31.2 Å². The highest BCUT2D eigenvalue weighted by atomic mass is 16.1. The van der Waals surface area contributed by atoms with Gasteiger partial charge in [-0.1, -0.05) is 0 Å². The lowest BCUT2D eigenvalue weighted by Crippen LogP contribution is -2.45. The molecule has 96 valence electrons. The first-order valence-corrected chi connectivity index (χ1v) is 6.09. The fourth-order valence-electron chi connectivity index (χ4n) is 2.05. The number of hydrogen-bond donors (Lipinski definition) is 2. The standard InChI is InChI=1S/C12H22N4O/c1-16(2)8-7-15-11(17)10-3-5-12(14,9-13)6-4-10/h10H,3-8,14H2,1-2H3,(H,15,17). The Hall–Kier alpha value is -1.12. The number of nitrogens with zero attached hydrogens (tertiary/aromatic N) is 2. The van der Waals surface area contributed by atoms with Gasteiger partial charge >= 0.3 is 0 Å². The number of rotatable bonds is 4. The van der Waals surface area contributed by atoms with Gasteiger partial charge in [0.1, 0.15) is 5.54 Å². The van der Waals surface area contributed by atoms with Gasteiger partial charge in [0.05, 0.1) is 6.07 Å². The number of hydrogen-bond acceptors (Lipinski definition) is 4. The molecule has 0 spiro atoms. The Morgan fingerprint density at radius 3 is 2.59 bits per heavy atom. The molecule has 0 bridgehead atoms. The average molecular weight is 238 g/mol. The summed E-state index contributed by atoms with van der Waals surface area (Å²) < 4.78 is 0. The molecule has 0 unspecified atom stereocenters. The molecule has 1 amide bonds. The van der Waals surface area contributed by atoms with Gasteiger partial charge in [0.15, 0.2) is 0 Å². The third-order valence-corrected chi connectivity index (χ3v) is 3.33. The van der Waals surface area contributed by atoms with Crippen molar-refractivity contribution in [3.8, 4) is 6.07 Å². The van der Waals surface area contributed by atoms with Crippen LogP contribution >= 0.6 is 0 Å². The summed E-state index contributed by atoms with van der Waals surface area (Å²) in [7, 11) is 3.95. The van der Waals surface area contributed by atoms with Gasteiger partial charge in [0.2, 0.25) is 5.91 Å². The minimum atomic E-state index is -0.708. The molecule has 0 saturated heterocycles. The van der Waals surface area contributed by atoms with Crippen LogP contribution in [0.1, 0.15) is 25.7 Å². The average Bonchev–Trinajstić information content (AvgIpc) is 2.29. The molecule has 0 heterocycles. The number of nitrogens with one attached hydrogen (secondary N) is 1. The van der Waals surface area contributed by atoms with Gasteiger partial charge in [-0.15, -0.1) is 0 Å². The lowest BCUT2D eigenvalue weighted by atomic mass is 9.77. The van der Waals surface area contributed by atoms with E-state index in [9.17, 15) is 4.79 Å². The highest BCUT2D eigenvalue weighted by molar-refractivity contribution is 5.78. The molecule has 0 atom stereocenters. The predicted octanol–water partition coefficient (Wildman–Crippen LogP) is 0.0755. The number of nitrogens with two attached hydrogens (primary N) is 1. The molecule has 0 aromatic heterocycles. The normalized spacial score (nSPS) is 28.8. The first-order valence-electron chi connectivity index (χ1n) is 6.09. The van der Waals surface area contributed by atoms with Crippen molar-refractivity contribution in [2.75, 3.05) is 27.2 Å². The topological polar surface area (TPSA) is 82.2 Å². The third kappa shape index (κ3) is 4.33. The molecular weight excluding hydrogens is 216 g/mol. The Labute approximate surface area is 103 Å². The largest absolute Gasteiger partial charge is 0.355 e. The second-order valence-electron chi connectivity index (χ2n) is 5.14. The van der Waals surface area contributed by atoms with Gasteiger partial charge in [0, 0.05) is 19.0 Å². The molecule has 17 heavy (non-hydrogen) atoms. The molecule has 1 aliphatic carbocycles. The van der Waals surface area contributed by atoms with Crippen LogP contribution in [0.4, 0.5) is 0 Å². The second-order valence-corrected chi connectivity index (χ2v) is 5.14. The Bertz CT molecular complexity index is 300. The van der Waals surface area contributed by atoms with Crippen LogP contribution in [0.3, 0.4) is 0 Å². The molecule has 1 fully saturated rings. The number of likely N-dealkylation sites (N-methyl/N-ethyl adjacent to an activating group) is 1. The second kappa shape index (κ2) is 5.99. The van der Waals surface area contributed by atoms with Crippen LogP contribution in [-0.2, 0) is 4.79 Å². The van der Waals surface area contributed by atoms with E-state index in [0.29, 0.717) is 19.4 Å². The molecule has 3 N–H and O–H groups in total. The summed E-state index contributed by atoms with van der Waals surface area (Å²) in [6, 6.07) is 2.14. The van der Waals surface area contributed by atoms with E-state index in [1.807, 2.05) is 19.0 Å². The van der Waals surface area contributed by atoms with E-state index < -0.39 is 5.54 Å². The van der Waals surface area contributed by atoms with Crippen molar-refractivity contribution >= 4 is 5.91 Å². The molecule has 0 aromatic rings. The number of nitriles is 1.